The average molecular weight is 252 g/mol. The fourth-order valence-corrected chi connectivity index (χ4v) is 4.23. The van der Waals surface area contributed by atoms with Crippen LogP contribution < -0.4 is 0 Å². The summed E-state index contributed by atoms with van der Waals surface area (Å²) < 4.78 is 0. The summed E-state index contributed by atoms with van der Waals surface area (Å²) in [6, 6.07) is 0. The van der Waals surface area contributed by atoms with E-state index in [4.69, 9.17) is 9.78 Å². The molecule has 0 radical (unpaired) electrons. The van der Waals surface area contributed by atoms with E-state index in [-0.39, 0.29) is 0 Å². The lowest BCUT2D eigenvalue weighted by Crippen LogP contribution is -2.53. The number of aliphatic hydroxyl groups is 1. The lowest BCUT2D eigenvalue weighted by molar-refractivity contribution is -0.422. The van der Waals surface area contributed by atoms with Gasteiger partial charge in [-0.3, -0.25) is 0 Å². The molecule has 102 valence electrons. The van der Waals surface area contributed by atoms with Gasteiger partial charge in [-0.15, -0.1) is 0 Å². The van der Waals surface area contributed by atoms with Gasteiger partial charge in [-0.25, -0.2) is 4.89 Å². The third-order valence-corrected chi connectivity index (χ3v) is 5.79. The Balaban J connectivity index is 1.99. The molecule has 1 heterocycles. The van der Waals surface area contributed by atoms with Crippen LogP contribution in [0.25, 0.3) is 0 Å². The molecule has 1 N–H and O–H groups in total. The van der Waals surface area contributed by atoms with Crippen LogP contribution >= 0.6 is 0 Å². The summed E-state index contributed by atoms with van der Waals surface area (Å²) in [5.74, 6) is 0.122. The first-order chi connectivity index (χ1) is 8.46. The highest BCUT2D eigenvalue weighted by Crippen LogP contribution is 2.58. The molecule has 0 bridgehead atoms. The van der Waals surface area contributed by atoms with Crippen LogP contribution in [0.3, 0.4) is 0 Å². The highest BCUT2D eigenvalue weighted by molar-refractivity contribution is 5.27. The maximum absolute atomic E-state index is 10.7. The number of fused-ring (bicyclic) bond motifs is 2. The van der Waals surface area contributed by atoms with Gasteiger partial charge in [0.15, 0.2) is 0 Å². The maximum Gasteiger partial charge on any atom is 0.221 e. The van der Waals surface area contributed by atoms with Crippen molar-refractivity contribution in [1.82, 2.24) is 0 Å². The molecule has 4 atom stereocenters. The van der Waals surface area contributed by atoms with Crippen LogP contribution in [-0.4, -0.2) is 17.5 Å². The molecule has 0 aromatic rings. The minimum atomic E-state index is -1.15. The number of hydrogen-bond donors (Lipinski definition) is 1. The molecule has 0 aromatic carbocycles. The largest absolute Gasteiger partial charge is 0.360 e. The van der Waals surface area contributed by atoms with E-state index in [1.807, 2.05) is 0 Å². The summed E-state index contributed by atoms with van der Waals surface area (Å²) in [7, 11) is 0. The molecule has 0 unspecified atom stereocenters. The average Bonchev–Trinajstić information content (AvgIpc) is 2.30. The molecule has 0 aromatic heterocycles. The summed E-state index contributed by atoms with van der Waals surface area (Å²) in [5, 5.41) is 10.7. The van der Waals surface area contributed by atoms with Crippen molar-refractivity contribution in [2.75, 3.05) is 6.61 Å². The van der Waals surface area contributed by atoms with E-state index in [9.17, 15) is 5.11 Å². The van der Waals surface area contributed by atoms with E-state index < -0.39 is 5.79 Å². The third-order valence-electron chi connectivity index (χ3n) is 5.79. The fraction of sp³-hybridized carbons (Fsp3) is 0.867. The molecule has 18 heavy (non-hydrogen) atoms. The Morgan fingerprint density at radius 3 is 2.89 bits per heavy atom. The van der Waals surface area contributed by atoms with Gasteiger partial charge in [0.25, 0.3) is 0 Å². The van der Waals surface area contributed by atoms with Gasteiger partial charge in [0.1, 0.15) is 6.61 Å². The summed E-state index contributed by atoms with van der Waals surface area (Å²) in [5.41, 5.74) is 2.56. The second-order valence-corrected chi connectivity index (χ2v) is 6.80. The first kappa shape index (κ1) is 12.6. The van der Waals surface area contributed by atoms with Gasteiger partial charge in [-0.05, 0) is 48.2 Å². The SMILES string of the molecule is CC1=C2C[C@@]3(C)[C@H](CCC[C@@H]3C)C[C@]2(O)OOC1. The zero-order valence-corrected chi connectivity index (χ0v) is 11.7. The van der Waals surface area contributed by atoms with Crippen molar-refractivity contribution in [2.45, 2.75) is 58.7 Å². The van der Waals surface area contributed by atoms with Crippen molar-refractivity contribution in [3.05, 3.63) is 11.1 Å². The van der Waals surface area contributed by atoms with Crippen LogP contribution in [0, 0.1) is 17.3 Å². The molecule has 2 aliphatic carbocycles. The van der Waals surface area contributed by atoms with Gasteiger partial charge in [0.2, 0.25) is 5.79 Å². The monoisotopic (exact) mass is 252 g/mol. The Morgan fingerprint density at radius 2 is 2.11 bits per heavy atom. The first-order valence-corrected chi connectivity index (χ1v) is 7.18. The van der Waals surface area contributed by atoms with Gasteiger partial charge in [0.05, 0.1) is 0 Å². The van der Waals surface area contributed by atoms with Crippen LogP contribution in [0.5, 0.6) is 0 Å². The third kappa shape index (κ3) is 1.68. The molecule has 3 aliphatic rings. The van der Waals surface area contributed by atoms with Gasteiger partial charge in [0, 0.05) is 6.42 Å². The predicted molar refractivity (Wildman–Crippen MR) is 68.5 cm³/mol. The van der Waals surface area contributed by atoms with E-state index in [1.165, 1.54) is 19.3 Å². The standard InChI is InChI=1S/C15H24O3/c1-10-9-17-18-15(16)7-12-6-4-5-11(2)14(12,3)8-13(10)15/h11-12,16H,4-9H2,1-3H3/t11-,12+,14+,15-/m0/s1. The Morgan fingerprint density at radius 1 is 1.33 bits per heavy atom. The normalized spacial score (nSPS) is 48.7. The molecule has 3 nitrogen and oxygen atoms in total. The van der Waals surface area contributed by atoms with Crippen molar-refractivity contribution >= 4 is 0 Å². The Kier molecular flexibility index (Phi) is 2.85. The summed E-state index contributed by atoms with van der Waals surface area (Å²) >= 11 is 0. The zero-order chi connectivity index (χ0) is 13.0. The second-order valence-electron chi connectivity index (χ2n) is 6.80. The Hall–Kier alpha value is -0.380. The molecule has 0 saturated heterocycles. The highest BCUT2D eigenvalue weighted by Gasteiger charge is 2.54. The fourth-order valence-electron chi connectivity index (χ4n) is 4.23. The lowest BCUT2D eigenvalue weighted by Gasteiger charge is -2.55. The lowest BCUT2D eigenvalue weighted by atomic mass is 9.53. The predicted octanol–water partition coefficient (Wildman–Crippen LogP) is 3.19. The van der Waals surface area contributed by atoms with Crippen molar-refractivity contribution in [1.29, 1.82) is 0 Å². The highest BCUT2D eigenvalue weighted by atomic mass is 17.2. The van der Waals surface area contributed by atoms with Crippen LogP contribution in [0.1, 0.15) is 52.9 Å². The minimum absolute atomic E-state index is 0.321. The number of hydrogen-bond acceptors (Lipinski definition) is 3. The van der Waals surface area contributed by atoms with E-state index >= 15 is 0 Å². The molecule has 1 aliphatic heterocycles. The molecule has 2 fully saturated rings. The van der Waals surface area contributed by atoms with Gasteiger partial charge < -0.3 is 5.11 Å². The van der Waals surface area contributed by atoms with E-state index in [2.05, 4.69) is 20.8 Å². The molecule has 2 saturated carbocycles. The minimum Gasteiger partial charge on any atom is -0.360 e. The maximum atomic E-state index is 10.7. The Labute approximate surface area is 109 Å². The first-order valence-electron chi connectivity index (χ1n) is 7.18. The van der Waals surface area contributed by atoms with Gasteiger partial charge >= 0.3 is 0 Å². The van der Waals surface area contributed by atoms with E-state index in [0.717, 1.165) is 23.5 Å². The smallest absolute Gasteiger partial charge is 0.221 e. The van der Waals surface area contributed by atoms with Crippen LogP contribution in [0.2, 0.25) is 0 Å². The van der Waals surface area contributed by atoms with Gasteiger partial charge in [-0.2, -0.15) is 4.89 Å². The van der Waals surface area contributed by atoms with Gasteiger partial charge in [-0.1, -0.05) is 26.7 Å². The number of rotatable bonds is 0. The van der Waals surface area contributed by atoms with Crippen LogP contribution in [0.15, 0.2) is 11.1 Å². The van der Waals surface area contributed by atoms with Crippen molar-refractivity contribution in [3.63, 3.8) is 0 Å². The topological polar surface area (TPSA) is 38.7 Å². The Bertz CT molecular complexity index is 389. The summed E-state index contributed by atoms with van der Waals surface area (Å²) in [4.78, 5) is 10.4. The molecule has 3 heteroatoms. The second kappa shape index (κ2) is 4.06. The van der Waals surface area contributed by atoms with Crippen LogP contribution in [-0.2, 0) is 9.78 Å². The quantitative estimate of drug-likeness (QED) is 0.531. The van der Waals surface area contributed by atoms with E-state index in [0.29, 0.717) is 24.4 Å². The van der Waals surface area contributed by atoms with Crippen molar-refractivity contribution in [3.8, 4) is 0 Å². The molecular formula is C15H24O3. The zero-order valence-electron chi connectivity index (χ0n) is 11.7. The summed E-state index contributed by atoms with van der Waals surface area (Å²) in [6.07, 6.45) is 5.45. The summed E-state index contributed by atoms with van der Waals surface area (Å²) in [6.45, 7) is 7.32. The molecular weight excluding hydrogens is 228 g/mol. The molecule has 0 amide bonds. The van der Waals surface area contributed by atoms with Crippen molar-refractivity contribution in [2.24, 2.45) is 17.3 Å². The van der Waals surface area contributed by atoms with E-state index in [1.54, 1.807) is 0 Å². The molecule has 3 rings (SSSR count). The van der Waals surface area contributed by atoms with Crippen molar-refractivity contribution < 1.29 is 14.9 Å². The molecule has 0 spiro atoms. The van der Waals surface area contributed by atoms with Crippen LogP contribution in [0.4, 0.5) is 0 Å².